The average Bonchev–Trinajstić information content (AvgIpc) is 2.36. The van der Waals surface area contributed by atoms with E-state index in [1.807, 2.05) is 13.8 Å². The first-order valence-corrected chi connectivity index (χ1v) is 6.13. The quantitative estimate of drug-likeness (QED) is 0.901. The lowest BCUT2D eigenvalue weighted by Crippen LogP contribution is -1.99. The van der Waals surface area contributed by atoms with Crippen LogP contribution in [0.25, 0.3) is 0 Å². The molecule has 0 saturated heterocycles. The molecule has 0 saturated carbocycles. The van der Waals surface area contributed by atoms with Gasteiger partial charge in [-0.3, -0.25) is 0 Å². The highest BCUT2D eigenvalue weighted by Gasteiger charge is 2.12. The molecule has 0 bridgehead atoms. The molecule has 0 atom stereocenters. The minimum atomic E-state index is -1.02. The van der Waals surface area contributed by atoms with Crippen molar-refractivity contribution in [3.8, 4) is 11.5 Å². The van der Waals surface area contributed by atoms with Gasteiger partial charge in [0.05, 0.1) is 0 Å². The second kappa shape index (κ2) is 5.33. The fraction of sp³-hybridized carbons (Fsp3) is 0.133. The van der Waals surface area contributed by atoms with Crippen LogP contribution in [0, 0.1) is 13.8 Å². The third kappa shape index (κ3) is 2.88. The molecule has 0 aliphatic carbocycles. The molecule has 2 rings (SSSR count). The van der Waals surface area contributed by atoms with Crippen LogP contribution in [-0.2, 0) is 0 Å². The highest BCUT2D eigenvalue weighted by Crippen LogP contribution is 2.30. The van der Waals surface area contributed by atoms with Crippen LogP contribution in [0.5, 0.6) is 11.5 Å². The van der Waals surface area contributed by atoms with Gasteiger partial charge in [-0.25, -0.2) is 4.79 Å². The summed E-state index contributed by atoms with van der Waals surface area (Å²) < 4.78 is 5.65. The van der Waals surface area contributed by atoms with Gasteiger partial charge >= 0.3 is 5.97 Å². The third-order valence-corrected chi connectivity index (χ3v) is 3.35. The van der Waals surface area contributed by atoms with E-state index in [2.05, 4.69) is 0 Å². The van der Waals surface area contributed by atoms with Crippen LogP contribution in [0.1, 0.15) is 21.5 Å². The lowest BCUT2D eigenvalue weighted by atomic mass is 10.1. The van der Waals surface area contributed by atoms with Crippen LogP contribution in [-0.4, -0.2) is 11.1 Å². The number of aryl methyl sites for hydroxylation is 2. The maximum Gasteiger partial charge on any atom is 0.339 e. The smallest absolute Gasteiger partial charge is 0.339 e. The Hall–Kier alpha value is -2.00. The van der Waals surface area contributed by atoms with Crippen LogP contribution < -0.4 is 4.74 Å². The van der Waals surface area contributed by atoms with Gasteiger partial charge in [-0.2, -0.15) is 0 Å². The lowest BCUT2D eigenvalue weighted by molar-refractivity contribution is 0.0694. The number of carbonyl (C=O) groups is 1. The Morgan fingerprint density at radius 1 is 1.16 bits per heavy atom. The van der Waals surface area contributed by atoms with E-state index in [9.17, 15) is 4.79 Å². The molecule has 98 valence electrons. The van der Waals surface area contributed by atoms with Crippen molar-refractivity contribution in [2.45, 2.75) is 13.8 Å². The molecule has 0 aliphatic rings. The van der Waals surface area contributed by atoms with Gasteiger partial charge in [0.2, 0.25) is 0 Å². The summed E-state index contributed by atoms with van der Waals surface area (Å²) in [5, 5.41) is 9.79. The second-order valence-electron chi connectivity index (χ2n) is 4.27. The van der Waals surface area contributed by atoms with Gasteiger partial charge in [-0.05, 0) is 49.2 Å². The van der Waals surface area contributed by atoms with Crippen LogP contribution in [0.15, 0.2) is 36.4 Å². The Bertz CT molecular complexity index is 612. The molecular formula is C15H13ClO3. The van der Waals surface area contributed by atoms with Crippen LogP contribution in [0.4, 0.5) is 0 Å². The summed E-state index contributed by atoms with van der Waals surface area (Å²) in [4.78, 5) is 11.1. The molecule has 2 aromatic carbocycles. The summed E-state index contributed by atoms with van der Waals surface area (Å²) in [5.74, 6) is -0.123. The van der Waals surface area contributed by atoms with Gasteiger partial charge in [0.25, 0.3) is 0 Å². The molecule has 0 heterocycles. The number of hydrogen-bond donors (Lipinski definition) is 1. The fourth-order valence-corrected chi connectivity index (χ4v) is 1.93. The van der Waals surface area contributed by atoms with E-state index in [1.165, 1.54) is 6.07 Å². The summed E-state index contributed by atoms with van der Waals surface area (Å²) in [6.07, 6.45) is 0. The highest BCUT2D eigenvalue weighted by molar-refractivity contribution is 6.32. The van der Waals surface area contributed by atoms with E-state index in [0.29, 0.717) is 16.5 Å². The Morgan fingerprint density at radius 2 is 1.74 bits per heavy atom. The van der Waals surface area contributed by atoms with Crippen molar-refractivity contribution in [1.29, 1.82) is 0 Å². The van der Waals surface area contributed by atoms with Crippen molar-refractivity contribution in [2.75, 3.05) is 0 Å². The van der Waals surface area contributed by atoms with Crippen molar-refractivity contribution in [3.05, 3.63) is 58.1 Å². The molecule has 0 aromatic heterocycles. The minimum Gasteiger partial charge on any atom is -0.478 e. The largest absolute Gasteiger partial charge is 0.478 e. The Morgan fingerprint density at radius 3 is 2.32 bits per heavy atom. The number of carboxylic acid groups (broad SMARTS) is 1. The van der Waals surface area contributed by atoms with E-state index >= 15 is 0 Å². The number of aromatic carboxylic acids is 1. The van der Waals surface area contributed by atoms with Crippen molar-refractivity contribution >= 4 is 17.6 Å². The number of halogens is 1. The number of benzene rings is 2. The van der Waals surface area contributed by atoms with Gasteiger partial charge in [0.15, 0.2) is 0 Å². The molecule has 0 aliphatic heterocycles. The summed E-state index contributed by atoms with van der Waals surface area (Å²) in [6, 6.07) is 10.1. The number of ether oxygens (including phenoxy) is 1. The standard InChI is InChI=1S/C15H13ClO3/c1-9-7-11(8-10(2)14(9)16)19-13-6-4-3-5-12(13)15(17)18/h3-8H,1-2H3,(H,17,18). The Balaban J connectivity index is 2.39. The zero-order valence-electron chi connectivity index (χ0n) is 10.6. The van der Waals surface area contributed by atoms with E-state index in [-0.39, 0.29) is 5.56 Å². The Kier molecular flexibility index (Phi) is 3.76. The van der Waals surface area contributed by atoms with Crippen LogP contribution in [0.2, 0.25) is 5.02 Å². The zero-order chi connectivity index (χ0) is 14.0. The zero-order valence-corrected chi connectivity index (χ0v) is 11.4. The predicted molar refractivity (Wildman–Crippen MR) is 74.4 cm³/mol. The molecule has 0 fully saturated rings. The van der Waals surface area contributed by atoms with Crippen molar-refractivity contribution in [3.63, 3.8) is 0 Å². The monoisotopic (exact) mass is 276 g/mol. The summed E-state index contributed by atoms with van der Waals surface area (Å²) >= 11 is 6.08. The van der Waals surface area contributed by atoms with E-state index in [4.69, 9.17) is 21.4 Å². The first-order chi connectivity index (χ1) is 8.99. The van der Waals surface area contributed by atoms with Crippen molar-refractivity contribution in [1.82, 2.24) is 0 Å². The number of para-hydroxylation sites is 1. The van der Waals surface area contributed by atoms with Crippen LogP contribution >= 0.6 is 11.6 Å². The van der Waals surface area contributed by atoms with Gasteiger partial charge in [0.1, 0.15) is 17.1 Å². The van der Waals surface area contributed by atoms with Crippen molar-refractivity contribution < 1.29 is 14.6 Å². The van der Waals surface area contributed by atoms with Crippen molar-refractivity contribution in [2.24, 2.45) is 0 Å². The first kappa shape index (κ1) is 13.4. The molecule has 19 heavy (non-hydrogen) atoms. The third-order valence-electron chi connectivity index (χ3n) is 2.76. The van der Waals surface area contributed by atoms with Gasteiger partial charge in [-0.1, -0.05) is 23.7 Å². The predicted octanol–water partition coefficient (Wildman–Crippen LogP) is 4.45. The van der Waals surface area contributed by atoms with Crippen LogP contribution in [0.3, 0.4) is 0 Å². The summed E-state index contributed by atoms with van der Waals surface area (Å²) in [6.45, 7) is 3.76. The minimum absolute atomic E-state index is 0.132. The number of carboxylic acids is 1. The molecule has 0 amide bonds. The number of rotatable bonds is 3. The van der Waals surface area contributed by atoms with Gasteiger partial charge < -0.3 is 9.84 Å². The lowest BCUT2D eigenvalue weighted by Gasteiger charge is -2.11. The molecule has 0 spiro atoms. The molecule has 0 unspecified atom stereocenters. The first-order valence-electron chi connectivity index (χ1n) is 5.76. The molecule has 2 aromatic rings. The van der Waals surface area contributed by atoms with E-state index in [1.54, 1.807) is 30.3 Å². The fourth-order valence-electron chi connectivity index (χ4n) is 1.82. The average molecular weight is 277 g/mol. The Labute approximate surface area is 116 Å². The highest BCUT2D eigenvalue weighted by atomic mass is 35.5. The number of hydrogen-bond acceptors (Lipinski definition) is 2. The van der Waals surface area contributed by atoms with Gasteiger partial charge in [0, 0.05) is 5.02 Å². The maximum atomic E-state index is 11.1. The second-order valence-corrected chi connectivity index (χ2v) is 4.65. The molecule has 3 nitrogen and oxygen atoms in total. The molecular weight excluding hydrogens is 264 g/mol. The molecule has 1 N–H and O–H groups in total. The normalized spacial score (nSPS) is 10.3. The molecule has 4 heteroatoms. The summed E-state index contributed by atoms with van der Waals surface area (Å²) in [7, 11) is 0. The van der Waals surface area contributed by atoms with E-state index < -0.39 is 5.97 Å². The maximum absolute atomic E-state index is 11.1. The molecule has 0 radical (unpaired) electrons. The SMILES string of the molecule is Cc1cc(Oc2ccccc2C(=O)O)cc(C)c1Cl. The topological polar surface area (TPSA) is 46.5 Å². The van der Waals surface area contributed by atoms with Gasteiger partial charge in [-0.15, -0.1) is 0 Å². The summed E-state index contributed by atoms with van der Waals surface area (Å²) in [5.41, 5.74) is 1.92. The van der Waals surface area contributed by atoms with E-state index in [0.717, 1.165) is 11.1 Å².